The predicted molar refractivity (Wildman–Crippen MR) is 68.9 cm³/mol. The number of halogens is 1. The zero-order valence-corrected chi connectivity index (χ0v) is 11.4. The lowest BCUT2D eigenvalue weighted by Gasteiger charge is -2.16. The van der Waals surface area contributed by atoms with Gasteiger partial charge in [0.25, 0.3) is 0 Å². The van der Waals surface area contributed by atoms with Crippen molar-refractivity contribution in [1.82, 2.24) is 14.7 Å². The molecule has 0 aliphatic carbocycles. The Labute approximate surface area is 103 Å². The Kier molecular flexibility index (Phi) is 5.29. The van der Waals surface area contributed by atoms with Gasteiger partial charge < -0.3 is 0 Å². The summed E-state index contributed by atoms with van der Waals surface area (Å²) in [6, 6.07) is 2.56. The van der Waals surface area contributed by atoms with Crippen molar-refractivity contribution in [2.45, 2.75) is 45.2 Å². The first-order chi connectivity index (χ1) is 7.52. The molecule has 92 valence electrons. The van der Waals surface area contributed by atoms with Crippen LogP contribution in [0, 0.1) is 0 Å². The molecule has 1 rings (SSSR count). The van der Waals surface area contributed by atoms with Crippen LogP contribution in [0.2, 0.25) is 0 Å². The maximum atomic E-state index is 5.95. The number of alkyl halides is 1. The quantitative estimate of drug-likeness (QED) is 0.717. The van der Waals surface area contributed by atoms with E-state index in [-0.39, 0.29) is 5.38 Å². The van der Waals surface area contributed by atoms with Gasteiger partial charge in [-0.1, -0.05) is 6.92 Å². The van der Waals surface area contributed by atoms with Gasteiger partial charge in [-0.3, -0.25) is 9.58 Å². The van der Waals surface area contributed by atoms with Crippen LogP contribution in [0.3, 0.4) is 0 Å². The molecule has 0 bridgehead atoms. The molecule has 1 aromatic heterocycles. The van der Waals surface area contributed by atoms with Gasteiger partial charge in [0.15, 0.2) is 0 Å². The summed E-state index contributed by atoms with van der Waals surface area (Å²) in [6.45, 7) is 8.11. The summed E-state index contributed by atoms with van der Waals surface area (Å²) in [7, 11) is 2.07. The van der Waals surface area contributed by atoms with Crippen LogP contribution in [0.25, 0.3) is 0 Å². The first-order valence-electron chi connectivity index (χ1n) is 5.89. The van der Waals surface area contributed by atoms with E-state index in [1.807, 2.05) is 11.6 Å². The Balaban J connectivity index is 2.51. The molecule has 2 unspecified atom stereocenters. The first kappa shape index (κ1) is 13.5. The van der Waals surface area contributed by atoms with Crippen molar-refractivity contribution in [2.75, 3.05) is 13.6 Å². The molecule has 0 amide bonds. The molecular weight excluding hydrogens is 222 g/mol. The standard InChI is InChI=1S/C12H22ClN3/c1-5-11(3)16-7-6-12(14-16)9-15(4)8-10(2)13/h6-7,10-11H,5,8-9H2,1-4H3. The molecule has 1 aromatic rings. The van der Waals surface area contributed by atoms with Gasteiger partial charge in [0.2, 0.25) is 0 Å². The average Bonchev–Trinajstić information content (AvgIpc) is 2.63. The molecule has 0 spiro atoms. The van der Waals surface area contributed by atoms with Gasteiger partial charge in [-0.25, -0.2) is 0 Å². The van der Waals surface area contributed by atoms with Gasteiger partial charge in [-0.15, -0.1) is 11.6 Å². The van der Waals surface area contributed by atoms with Gasteiger partial charge in [0.05, 0.1) is 5.69 Å². The highest BCUT2D eigenvalue weighted by molar-refractivity contribution is 6.20. The normalized spacial score (nSPS) is 15.4. The molecule has 0 aliphatic rings. The zero-order chi connectivity index (χ0) is 12.1. The Hall–Kier alpha value is -0.540. The number of hydrogen-bond acceptors (Lipinski definition) is 2. The van der Waals surface area contributed by atoms with Crippen LogP contribution >= 0.6 is 11.6 Å². The molecule has 0 fully saturated rings. The number of aromatic nitrogens is 2. The molecular formula is C12H22ClN3. The lowest BCUT2D eigenvalue weighted by molar-refractivity contribution is 0.322. The van der Waals surface area contributed by atoms with Crippen LogP contribution in [0.15, 0.2) is 12.3 Å². The lowest BCUT2D eigenvalue weighted by Crippen LogP contribution is -2.24. The van der Waals surface area contributed by atoms with E-state index >= 15 is 0 Å². The van der Waals surface area contributed by atoms with Gasteiger partial charge in [0, 0.05) is 30.7 Å². The molecule has 0 saturated carbocycles. The minimum absolute atomic E-state index is 0.182. The second-order valence-electron chi connectivity index (χ2n) is 4.52. The van der Waals surface area contributed by atoms with E-state index in [0.717, 1.165) is 25.2 Å². The third-order valence-corrected chi connectivity index (χ3v) is 2.84. The number of nitrogens with zero attached hydrogens (tertiary/aromatic N) is 3. The molecule has 16 heavy (non-hydrogen) atoms. The van der Waals surface area contributed by atoms with E-state index < -0.39 is 0 Å². The molecule has 0 radical (unpaired) electrons. The topological polar surface area (TPSA) is 21.1 Å². The highest BCUT2D eigenvalue weighted by atomic mass is 35.5. The zero-order valence-electron chi connectivity index (χ0n) is 10.7. The maximum absolute atomic E-state index is 5.95. The largest absolute Gasteiger partial charge is 0.299 e. The number of rotatable bonds is 6. The van der Waals surface area contributed by atoms with E-state index in [1.54, 1.807) is 0 Å². The number of hydrogen-bond donors (Lipinski definition) is 0. The van der Waals surface area contributed by atoms with Crippen molar-refractivity contribution in [3.8, 4) is 0 Å². The molecule has 2 atom stereocenters. The smallest absolute Gasteiger partial charge is 0.0764 e. The molecule has 0 aliphatic heterocycles. The Morgan fingerprint density at radius 1 is 1.50 bits per heavy atom. The van der Waals surface area contributed by atoms with Crippen molar-refractivity contribution < 1.29 is 0 Å². The lowest BCUT2D eigenvalue weighted by atomic mass is 10.3. The molecule has 1 heterocycles. The van der Waals surface area contributed by atoms with E-state index in [1.165, 1.54) is 0 Å². The molecule has 4 heteroatoms. The van der Waals surface area contributed by atoms with E-state index in [0.29, 0.717) is 6.04 Å². The Bertz CT molecular complexity index is 309. The van der Waals surface area contributed by atoms with Crippen molar-refractivity contribution in [2.24, 2.45) is 0 Å². The first-order valence-corrected chi connectivity index (χ1v) is 6.33. The van der Waals surface area contributed by atoms with Gasteiger partial charge >= 0.3 is 0 Å². The molecule has 0 N–H and O–H groups in total. The highest BCUT2D eigenvalue weighted by Crippen LogP contribution is 2.10. The monoisotopic (exact) mass is 243 g/mol. The second-order valence-corrected chi connectivity index (χ2v) is 5.27. The van der Waals surface area contributed by atoms with E-state index in [2.05, 4.69) is 43.2 Å². The van der Waals surface area contributed by atoms with Gasteiger partial charge in [-0.2, -0.15) is 5.10 Å². The third-order valence-electron chi connectivity index (χ3n) is 2.70. The Morgan fingerprint density at radius 2 is 2.19 bits per heavy atom. The fraction of sp³-hybridized carbons (Fsp3) is 0.750. The molecule has 0 aromatic carbocycles. The fourth-order valence-corrected chi connectivity index (χ4v) is 1.90. The van der Waals surface area contributed by atoms with Crippen LogP contribution in [-0.4, -0.2) is 33.6 Å². The van der Waals surface area contributed by atoms with Crippen LogP contribution in [0.4, 0.5) is 0 Å². The second kappa shape index (κ2) is 6.26. The van der Waals surface area contributed by atoms with Gasteiger partial charge in [-0.05, 0) is 33.4 Å². The van der Waals surface area contributed by atoms with Crippen molar-refractivity contribution in [3.05, 3.63) is 18.0 Å². The van der Waals surface area contributed by atoms with E-state index in [9.17, 15) is 0 Å². The summed E-state index contributed by atoms with van der Waals surface area (Å²) in [6.07, 6.45) is 3.16. The minimum atomic E-state index is 0.182. The Morgan fingerprint density at radius 3 is 2.75 bits per heavy atom. The molecule has 3 nitrogen and oxygen atoms in total. The maximum Gasteiger partial charge on any atom is 0.0764 e. The summed E-state index contributed by atoms with van der Waals surface area (Å²) in [4.78, 5) is 2.20. The molecule has 0 saturated heterocycles. The summed E-state index contributed by atoms with van der Waals surface area (Å²) in [5.74, 6) is 0. The highest BCUT2D eigenvalue weighted by Gasteiger charge is 2.08. The third kappa shape index (κ3) is 4.14. The predicted octanol–water partition coefficient (Wildman–Crippen LogP) is 2.91. The summed E-state index contributed by atoms with van der Waals surface area (Å²) >= 11 is 5.95. The minimum Gasteiger partial charge on any atom is -0.299 e. The van der Waals surface area contributed by atoms with Crippen LogP contribution in [0.1, 0.15) is 38.9 Å². The van der Waals surface area contributed by atoms with E-state index in [4.69, 9.17) is 11.6 Å². The fourth-order valence-electron chi connectivity index (χ4n) is 1.66. The van der Waals surface area contributed by atoms with Crippen LogP contribution in [-0.2, 0) is 6.54 Å². The summed E-state index contributed by atoms with van der Waals surface area (Å²) in [5, 5.41) is 4.74. The van der Waals surface area contributed by atoms with Crippen molar-refractivity contribution in [3.63, 3.8) is 0 Å². The summed E-state index contributed by atoms with van der Waals surface area (Å²) in [5.41, 5.74) is 1.11. The van der Waals surface area contributed by atoms with Crippen LogP contribution < -0.4 is 0 Å². The van der Waals surface area contributed by atoms with Crippen molar-refractivity contribution in [1.29, 1.82) is 0 Å². The van der Waals surface area contributed by atoms with Crippen LogP contribution in [0.5, 0.6) is 0 Å². The average molecular weight is 244 g/mol. The summed E-state index contributed by atoms with van der Waals surface area (Å²) < 4.78 is 2.04. The van der Waals surface area contributed by atoms with Gasteiger partial charge in [0.1, 0.15) is 0 Å². The SMILES string of the molecule is CCC(C)n1ccc(CN(C)CC(C)Cl)n1. The van der Waals surface area contributed by atoms with Crippen molar-refractivity contribution >= 4 is 11.6 Å².